The van der Waals surface area contributed by atoms with Gasteiger partial charge in [0.15, 0.2) is 0 Å². The summed E-state index contributed by atoms with van der Waals surface area (Å²) in [6, 6.07) is 3.77. The van der Waals surface area contributed by atoms with Crippen molar-refractivity contribution < 1.29 is 13.9 Å². The molecule has 3 atom stereocenters. The molecule has 0 heterocycles. The molecule has 1 aromatic rings. The molecule has 1 amide bonds. The molecule has 3 unspecified atom stereocenters. The van der Waals surface area contributed by atoms with Gasteiger partial charge in [0.2, 0.25) is 5.91 Å². The highest BCUT2D eigenvalue weighted by Crippen LogP contribution is 2.44. The number of halogens is 2. The third-order valence-electron chi connectivity index (χ3n) is 3.17. The summed E-state index contributed by atoms with van der Waals surface area (Å²) < 4.78 is 18.5. The lowest BCUT2D eigenvalue weighted by molar-refractivity contribution is -0.123. The van der Waals surface area contributed by atoms with Gasteiger partial charge in [-0.2, -0.15) is 0 Å². The molecule has 3 N–H and O–H groups in total. The topological polar surface area (TPSA) is 64.3 Å². The molecule has 1 aliphatic carbocycles. The minimum atomic E-state index is -0.706. The highest BCUT2D eigenvalue weighted by Gasteiger charge is 2.42. The first-order valence-electron chi connectivity index (χ1n) is 6.03. The van der Waals surface area contributed by atoms with E-state index in [4.69, 9.17) is 22.1 Å². The summed E-state index contributed by atoms with van der Waals surface area (Å²) in [5, 5.41) is 3.16. The standard InChI is InChI=1S/C13H16ClFN2O2/c1-19-6-10(16)13(18)17-11-5-7(11)12-8(14)3-2-4-9(12)15/h2-4,7,10-11H,5-6,16H2,1H3,(H,17,18). The van der Waals surface area contributed by atoms with E-state index in [2.05, 4.69) is 5.32 Å². The molecule has 6 heteroatoms. The largest absolute Gasteiger partial charge is 0.383 e. The van der Waals surface area contributed by atoms with Crippen LogP contribution < -0.4 is 11.1 Å². The van der Waals surface area contributed by atoms with Crippen molar-refractivity contribution in [3.05, 3.63) is 34.6 Å². The summed E-state index contributed by atoms with van der Waals surface area (Å²) in [4.78, 5) is 11.7. The highest BCUT2D eigenvalue weighted by molar-refractivity contribution is 6.31. The van der Waals surface area contributed by atoms with Gasteiger partial charge in [0, 0.05) is 29.7 Å². The highest BCUT2D eigenvalue weighted by atomic mass is 35.5. The van der Waals surface area contributed by atoms with E-state index in [0.717, 1.165) is 0 Å². The van der Waals surface area contributed by atoms with Crippen LogP contribution in [0.1, 0.15) is 17.9 Å². The fraction of sp³-hybridized carbons (Fsp3) is 0.462. The summed E-state index contributed by atoms with van der Waals surface area (Å²) >= 11 is 5.98. The van der Waals surface area contributed by atoms with Crippen LogP contribution in [0.25, 0.3) is 0 Å². The van der Waals surface area contributed by atoms with E-state index in [9.17, 15) is 9.18 Å². The number of ether oxygens (including phenoxy) is 1. The van der Waals surface area contributed by atoms with Crippen LogP contribution in [-0.2, 0) is 9.53 Å². The van der Waals surface area contributed by atoms with E-state index in [1.165, 1.54) is 13.2 Å². The summed E-state index contributed by atoms with van der Waals surface area (Å²) in [5.41, 5.74) is 6.08. The predicted octanol–water partition coefficient (Wildman–Crippen LogP) is 1.42. The van der Waals surface area contributed by atoms with Crippen molar-refractivity contribution in [1.29, 1.82) is 0 Å². The van der Waals surface area contributed by atoms with Gasteiger partial charge in [-0.1, -0.05) is 17.7 Å². The Kier molecular flexibility index (Phi) is 4.39. The average Bonchev–Trinajstić information content (AvgIpc) is 3.08. The third kappa shape index (κ3) is 3.23. The Bertz CT molecular complexity index is 463. The van der Waals surface area contributed by atoms with Gasteiger partial charge < -0.3 is 15.8 Å². The molecule has 1 aliphatic rings. The van der Waals surface area contributed by atoms with Crippen LogP contribution in [0.2, 0.25) is 5.02 Å². The Labute approximate surface area is 116 Å². The van der Waals surface area contributed by atoms with Crippen LogP contribution in [0.4, 0.5) is 4.39 Å². The van der Waals surface area contributed by atoms with Gasteiger partial charge in [-0.05, 0) is 18.6 Å². The number of nitrogens with two attached hydrogens (primary N) is 1. The smallest absolute Gasteiger partial charge is 0.239 e. The molecule has 19 heavy (non-hydrogen) atoms. The van der Waals surface area contributed by atoms with Gasteiger partial charge in [0.1, 0.15) is 11.9 Å². The summed E-state index contributed by atoms with van der Waals surface area (Å²) in [5.74, 6) is -0.704. The predicted molar refractivity (Wildman–Crippen MR) is 70.6 cm³/mol. The molecule has 0 saturated heterocycles. The fourth-order valence-electron chi connectivity index (χ4n) is 2.08. The Hall–Kier alpha value is -1.17. The van der Waals surface area contributed by atoms with Crippen LogP contribution in [0, 0.1) is 5.82 Å². The van der Waals surface area contributed by atoms with Crippen molar-refractivity contribution in [2.45, 2.75) is 24.4 Å². The molecule has 1 aromatic carbocycles. The molecule has 0 spiro atoms. The van der Waals surface area contributed by atoms with Crippen molar-refractivity contribution in [1.82, 2.24) is 5.32 Å². The first kappa shape index (κ1) is 14.2. The second kappa shape index (κ2) is 5.86. The van der Waals surface area contributed by atoms with Gasteiger partial charge in [-0.3, -0.25) is 4.79 Å². The summed E-state index contributed by atoms with van der Waals surface area (Å²) in [6.07, 6.45) is 0.673. The summed E-state index contributed by atoms with van der Waals surface area (Å²) in [7, 11) is 1.48. The van der Waals surface area contributed by atoms with Crippen LogP contribution in [0.5, 0.6) is 0 Å². The first-order valence-corrected chi connectivity index (χ1v) is 6.41. The second-order valence-electron chi connectivity index (χ2n) is 4.65. The second-order valence-corrected chi connectivity index (χ2v) is 5.06. The van der Waals surface area contributed by atoms with Gasteiger partial charge in [-0.15, -0.1) is 0 Å². The van der Waals surface area contributed by atoms with E-state index in [1.54, 1.807) is 12.1 Å². The van der Waals surface area contributed by atoms with Gasteiger partial charge in [0.25, 0.3) is 0 Å². The number of hydrogen-bond donors (Lipinski definition) is 2. The first-order chi connectivity index (χ1) is 9.04. The molecule has 0 aliphatic heterocycles. The molecule has 1 fully saturated rings. The molecular weight excluding hydrogens is 271 g/mol. The molecule has 2 rings (SSSR count). The molecule has 1 saturated carbocycles. The number of nitrogens with one attached hydrogen (secondary N) is 1. The van der Waals surface area contributed by atoms with Crippen LogP contribution in [0.15, 0.2) is 18.2 Å². The Morgan fingerprint density at radius 2 is 2.42 bits per heavy atom. The number of rotatable bonds is 5. The van der Waals surface area contributed by atoms with Crippen LogP contribution in [0.3, 0.4) is 0 Å². The zero-order chi connectivity index (χ0) is 14.0. The monoisotopic (exact) mass is 286 g/mol. The minimum absolute atomic E-state index is 0.0765. The quantitative estimate of drug-likeness (QED) is 0.860. The van der Waals surface area contributed by atoms with Gasteiger partial charge in [-0.25, -0.2) is 4.39 Å². The van der Waals surface area contributed by atoms with E-state index in [0.29, 0.717) is 17.0 Å². The minimum Gasteiger partial charge on any atom is -0.383 e. The maximum absolute atomic E-state index is 13.7. The van der Waals surface area contributed by atoms with Crippen molar-refractivity contribution in [3.8, 4) is 0 Å². The van der Waals surface area contributed by atoms with Crippen molar-refractivity contribution in [3.63, 3.8) is 0 Å². The number of carbonyl (C=O) groups is 1. The molecule has 0 bridgehead atoms. The van der Waals surface area contributed by atoms with Crippen molar-refractivity contribution in [2.75, 3.05) is 13.7 Å². The maximum atomic E-state index is 13.7. The number of methoxy groups -OCH3 is 1. The van der Waals surface area contributed by atoms with Gasteiger partial charge >= 0.3 is 0 Å². The lowest BCUT2D eigenvalue weighted by Crippen LogP contribution is -2.44. The summed E-state index contributed by atoms with van der Waals surface area (Å²) in [6.45, 7) is 0.156. The van der Waals surface area contributed by atoms with E-state index in [1.807, 2.05) is 0 Å². The zero-order valence-electron chi connectivity index (χ0n) is 10.5. The van der Waals surface area contributed by atoms with E-state index < -0.39 is 6.04 Å². The molecule has 0 radical (unpaired) electrons. The van der Waals surface area contributed by atoms with Crippen molar-refractivity contribution >= 4 is 17.5 Å². The van der Waals surface area contributed by atoms with Gasteiger partial charge in [0.05, 0.1) is 6.61 Å². The lowest BCUT2D eigenvalue weighted by atomic mass is 10.1. The number of carbonyl (C=O) groups excluding carboxylic acids is 1. The number of amides is 1. The van der Waals surface area contributed by atoms with E-state index in [-0.39, 0.29) is 30.3 Å². The average molecular weight is 287 g/mol. The Morgan fingerprint density at radius 3 is 3.05 bits per heavy atom. The Morgan fingerprint density at radius 1 is 1.68 bits per heavy atom. The lowest BCUT2D eigenvalue weighted by Gasteiger charge is -2.11. The Balaban J connectivity index is 1.96. The van der Waals surface area contributed by atoms with E-state index >= 15 is 0 Å². The van der Waals surface area contributed by atoms with Crippen LogP contribution in [-0.4, -0.2) is 31.7 Å². The number of benzene rings is 1. The SMILES string of the molecule is COCC(N)C(=O)NC1CC1c1c(F)cccc1Cl. The third-order valence-corrected chi connectivity index (χ3v) is 3.50. The zero-order valence-corrected chi connectivity index (χ0v) is 11.3. The number of hydrogen-bond acceptors (Lipinski definition) is 3. The maximum Gasteiger partial charge on any atom is 0.239 e. The van der Waals surface area contributed by atoms with Crippen LogP contribution >= 0.6 is 11.6 Å². The molecule has 0 aromatic heterocycles. The molecule has 104 valence electrons. The molecular formula is C13H16ClFN2O2. The fourth-order valence-corrected chi connectivity index (χ4v) is 2.39. The van der Waals surface area contributed by atoms with Crippen molar-refractivity contribution in [2.24, 2.45) is 5.73 Å². The molecule has 4 nitrogen and oxygen atoms in total. The normalized spacial score (nSPS) is 22.9.